The molecule has 2 heterocycles. The topological polar surface area (TPSA) is 64.2 Å². The van der Waals surface area contributed by atoms with Gasteiger partial charge >= 0.3 is 5.97 Å². The van der Waals surface area contributed by atoms with Gasteiger partial charge in [0.05, 0.1) is 19.3 Å². The Kier molecular flexibility index (Phi) is 4.53. The maximum Gasteiger partial charge on any atom is 0.339 e. The van der Waals surface area contributed by atoms with Crippen LogP contribution in [-0.2, 0) is 15.9 Å². The summed E-state index contributed by atoms with van der Waals surface area (Å²) in [5.41, 5.74) is 4.22. The molecule has 0 aliphatic rings. The van der Waals surface area contributed by atoms with Crippen molar-refractivity contribution in [1.82, 2.24) is 9.97 Å². The molecule has 2 rings (SSSR count). The Hall–Kier alpha value is -2.14. The number of pyridine rings is 1. The predicted molar refractivity (Wildman–Crippen MR) is 75.7 cm³/mol. The first-order chi connectivity index (χ1) is 9.69. The van der Waals surface area contributed by atoms with Gasteiger partial charge in [-0.05, 0) is 24.6 Å². The van der Waals surface area contributed by atoms with E-state index in [-0.39, 0.29) is 5.97 Å². The quantitative estimate of drug-likeness (QED) is 0.850. The zero-order valence-electron chi connectivity index (χ0n) is 11.9. The van der Waals surface area contributed by atoms with Gasteiger partial charge in [0.25, 0.3) is 0 Å². The van der Waals surface area contributed by atoms with E-state index in [1.54, 1.807) is 19.5 Å². The fraction of sp³-hybridized carbons (Fsp3) is 0.333. The Bertz CT molecular complexity index is 591. The highest BCUT2D eigenvalue weighted by Crippen LogP contribution is 2.28. The van der Waals surface area contributed by atoms with E-state index >= 15 is 0 Å². The molecule has 0 atom stereocenters. The number of nitrogens with zero attached hydrogens (tertiary/aromatic N) is 1. The molecule has 0 aromatic carbocycles. The third kappa shape index (κ3) is 2.72. The molecule has 0 aliphatic heterocycles. The monoisotopic (exact) mass is 274 g/mol. The van der Waals surface area contributed by atoms with Crippen LogP contribution in [0.1, 0.15) is 21.6 Å². The lowest BCUT2D eigenvalue weighted by Gasteiger charge is -2.03. The van der Waals surface area contributed by atoms with E-state index in [0.717, 1.165) is 22.5 Å². The van der Waals surface area contributed by atoms with E-state index in [0.29, 0.717) is 18.6 Å². The lowest BCUT2D eigenvalue weighted by atomic mass is 10.1. The first-order valence-corrected chi connectivity index (χ1v) is 6.38. The van der Waals surface area contributed by atoms with Crippen LogP contribution in [-0.4, -0.2) is 36.8 Å². The van der Waals surface area contributed by atoms with Gasteiger partial charge in [-0.3, -0.25) is 4.98 Å². The lowest BCUT2D eigenvalue weighted by molar-refractivity contribution is 0.0598. The van der Waals surface area contributed by atoms with Crippen LogP contribution in [0.25, 0.3) is 11.3 Å². The second-order valence-corrected chi connectivity index (χ2v) is 4.45. The van der Waals surface area contributed by atoms with Gasteiger partial charge in [0.2, 0.25) is 0 Å². The minimum atomic E-state index is -0.329. The Labute approximate surface area is 117 Å². The molecule has 0 spiro atoms. The van der Waals surface area contributed by atoms with Crippen LogP contribution >= 0.6 is 0 Å². The fourth-order valence-electron chi connectivity index (χ4n) is 2.24. The number of aromatic nitrogens is 2. The van der Waals surface area contributed by atoms with Gasteiger partial charge in [-0.15, -0.1) is 0 Å². The number of carbonyl (C=O) groups is 1. The average molecular weight is 274 g/mol. The highest BCUT2D eigenvalue weighted by molar-refractivity contribution is 5.95. The van der Waals surface area contributed by atoms with E-state index in [1.165, 1.54) is 7.11 Å². The van der Waals surface area contributed by atoms with Crippen molar-refractivity contribution in [3.63, 3.8) is 0 Å². The molecule has 5 heteroatoms. The van der Waals surface area contributed by atoms with Crippen molar-refractivity contribution >= 4 is 5.97 Å². The number of aromatic amines is 1. The SMILES string of the molecule is COCCc1[nH]c(-c2ccncc2)c(C)c1C(=O)OC. The summed E-state index contributed by atoms with van der Waals surface area (Å²) in [5, 5.41) is 0. The average Bonchev–Trinajstić information content (AvgIpc) is 2.82. The van der Waals surface area contributed by atoms with E-state index in [1.807, 2.05) is 19.1 Å². The molecule has 0 saturated heterocycles. The zero-order valence-corrected chi connectivity index (χ0v) is 11.9. The molecule has 0 amide bonds. The summed E-state index contributed by atoms with van der Waals surface area (Å²) in [4.78, 5) is 19.3. The van der Waals surface area contributed by atoms with Crippen molar-refractivity contribution in [2.45, 2.75) is 13.3 Å². The van der Waals surface area contributed by atoms with E-state index < -0.39 is 0 Å². The lowest BCUT2D eigenvalue weighted by Crippen LogP contribution is -2.07. The number of hydrogen-bond acceptors (Lipinski definition) is 4. The summed E-state index contributed by atoms with van der Waals surface area (Å²) in [6.45, 7) is 2.45. The normalized spacial score (nSPS) is 10.6. The Balaban J connectivity index is 2.49. The van der Waals surface area contributed by atoms with Gasteiger partial charge in [0, 0.05) is 42.9 Å². The molecule has 106 valence electrons. The van der Waals surface area contributed by atoms with Crippen LogP contribution in [0.3, 0.4) is 0 Å². The van der Waals surface area contributed by atoms with Crippen molar-refractivity contribution in [3.05, 3.63) is 41.3 Å². The molecular weight excluding hydrogens is 256 g/mol. The fourth-order valence-corrected chi connectivity index (χ4v) is 2.24. The van der Waals surface area contributed by atoms with Crippen molar-refractivity contribution in [1.29, 1.82) is 0 Å². The molecule has 20 heavy (non-hydrogen) atoms. The molecule has 2 aromatic rings. The maximum atomic E-state index is 12.0. The summed E-state index contributed by atoms with van der Waals surface area (Å²) in [6, 6.07) is 3.81. The molecular formula is C15H18N2O3. The van der Waals surface area contributed by atoms with Crippen molar-refractivity contribution < 1.29 is 14.3 Å². The second kappa shape index (κ2) is 6.34. The maximum absolute atomic E-state index is 12.0. The van der Waals surface area contributed by atoms with E-state index in [4.69, 9.17) is 9.47 Å². The van der Waals surface area contributed by atoms with Crippen LogP contribution in [0.2, 0.25) is 0 Å². The van der Waals surface area contributed by atoms with Crippen LogP contribution in [0.4, 0.5) is 0 Å². The molecule has 2 aromatic heterocycles. The third-order valence-corrected chi connectivity index (χ3v) is 3.24. The number of H-pyrrole nitrogens is 1. The molecule has 0 aliphatic carbocycles. The standard InChI is InChI=1S/C15H18N2O3/c1-10-13(15(18)20-3)12(6-9-19-2)17-14(10)11-4-7-16-8-5-11/h4-5,7-8,17H,6,9H2,1-3H3. The summed E-state index contributed by atoms with van der Waals surface area (Å²) in [6.07, 6.45) is 4.08. The third-order valence-electron chi connectivity index (χ3n) is 3.24. The van der Waals surface area contributed by atoms with E-state index in [2.05, 4.69) is 9.97 Å². The minimum absolute atomic E-state index is 0.329. The molecule has 5 nitrogen and oxygen atoms in total. The smallest absolute Gasteiger partial charge is 0.339 e. The zero-order chi connectivity index (χ0) is 14.5. The van der Waals surface area contributed by atoms with Crippen molar-refractivity contribution in [2.24, 2.45) is 0 Å². The minimum Gasteiger partial charge on any atom is -0.465 e. The van der Waals surface area contributed by atoms with Gasteiger partial charge in [-0.1, -0.05) is 0 Å². The first kappa shape index (κ1) is 14.3. The summed E-state index contributed by atoms with van der Waals surface area (Å²) in [7, 11) is 3.03. The Morgan fingerprint density at radius 3 is 2.60 bits per heavy atom. The van der Waals surface area contributed by atoms with Gasteiger partial charge in [-0.25, -0.2) is 4.79 Å². The number of methoxy groups -OCH3 is 2. The number of nitrogens with one attached hydrogen (secondary N) is 1. The number of esters is 1. The Morgan fingerprint density at radius 1 is 1.30 bits per heavy atom. The predicted octanol–water partition coefficient (Wildman–Crippen LogP) is 2.36. The van der Waals surface area contributed by atoms with Crippen molar-refractivity contribution in [3.8, 4) is 11.3 Å². The summed E-state index contributed by atoms with van der Waals surface area (Å²) < 4.78 is 9.96. The molecule has 1 N–H and O–H groups in total. The number of carbonyl (C=O) groups excluding carboxylic acids is 1. The van der Waals surface area contributed by atoms with Crippen LogP contribution in [0.5, 0.6) is 0 Å². The molecule has 0 fully saturated rings. The summed E-state index contributed by atoms with van der Waals surface area (Å²) >= 11 is 0. The Morgan fingerprint density at radius 2 is 2.00 bits per heavy atom. The van der Waals surface area contributed by atoms with Gasteiger partial charge in [-0.2, -0.15) is 0 Å². The van der Waals surface area contributed by atoms with Crippen molar-refractivity contribution in [2.75, 3.05) is 20.8 Å². The van der Waals surface area contributed by atoms with Gasteiger partial charge in [0.15, 0.2) is 0 Å². The highest BCUT2D eigenvalue weighted by Gasteiger charge is 2.21. The van der Waals surface area contributed by atoms with Crippen LogP contribution in [0.15, 0.2) is 24.5 Å². The van der Waals surface area contributed by atoms with Crippen LogP contribution in [0, 0.1) is 6.92 Å². The van der Waals surface area contributed by atoms with Gasteiger partial charge < -0.3 is 14.5 Å². The number of rotatable bonds is 5. The van der Waals surface area contributed by atoms with Gasteiger partial charge in [0.1, 0.15) is 0 Å². The number of ether oxygens (including phenoxy) is 2. The molecule has 0 saturated carbocycles. The molecule has 0 unspecified atom stereocenters. The summed E-state index contributed by atoms with van der Waals surface area (Å²) in [5.74, 6) is -0.329. The number of hydrogen-bond donors (Lipinski definition) is 1. The van der Waals surface area contributed by atoms with Crippen LogP contribution < -0.4 is 0 Å². The largest absolute Gasteiger partial charge is 0.465 e. The second-order valence-electron chi connectivity index (χ2n) is 4.45. The highest BCUT2D eigenvalue weighted by atomic mass is 16.5. The van der Waals surface area contributed by atoms with E-state index in [9.17, 15) is 4.79 Å². The molecule has 0 radical (unpaired) electrons. The molecule has 0 bridgehead atoms. The first-order valence-electron chi connectivity index (χ1n) is 6.38.